The molecule has 2 heterocycles. The van der Waals surface area contributed by atoms with Gasteiger partial charge in [-0.05, 0) is 37.8 Å². The number of benzene rings is 1. The van der Waals surface area contributed by atoms with E-state index in [-0.39, 0.29) is 5.92 Å². The maximum absolute atomic E-state index is 12.5. The van der Waals surface area contributed by atoms with E-state index in [1.165, 1.54) is 29.8 Å². The zero-order chi connectivity index (χ0) is 14.7. The third-order valence-electron chi connectivity index (χ3n) is 4.75. The largest absolute Gasteiger partial charge is 0.342 e. The monoisotopic (exact) mass is 307 g/mol. The second kappa shape index (κ2) is 6.80. The van der Waals surface area contributed by atoms with Gasteiger partial charge in [0.05, 0.1) is 19.0 Å². The quantitative estimate of drug-likeness (QED) is 0.904. The van der Waals surface area contributed by atoms with Gasteiger partial charge in [-0.2, -0.15) is 0 Å². The molecule has 0 radical (unpaired) electrons. The van der Waals surface area contributed by atoms with Gasteiger partial charge in [-0.1, -0.05) is 23.7 Å². The molecule has 3 rings (SSSR count). The zero-order valence-electron chi connectivity index (χ0n) is 12.5. The van der Waals surface area contributed by atoms with Crippen molar-refractivity contribution in [2.45, 2.75) is 32.2 Å². The van der Waals surface area contributed by atoms with Crippen molar-refractivity contribution in [3.63, 3.8) is 0 Å². The molecule has 1 aromatic rings. The number of amides is 1. The lowest BCUT2D eigenvalue weighted by molar-refractivity contribution is -0.921. The van der Waals surface area contributed by atoms with E-state index in [0.29, 0.717) is 5.91 Å². The first-order valence-corrected chi connectivity index (χ1v) is 8.47. The number of halogens is 1. The number of carbonyl (C=O) groups is 1. The maximum Gasteiger partial charge on any atom is 0.231 e. The van der Waals surface area contributed by atoms with Crippen molar-refractivity contribution in [3.8, 4) is 0 Å². The number of likely N-dealkylation sites (tertiary alicyclic amines) is 2. The minimum Gasteiger partial charge on any atom is -0.342 e. The first-order valence-electron chi connectivity index (χ1n) is 8.09. The summed E-state index contributed by atoms with van der Waals surface area (Å²) >= 11 is 5.93. The van der Waals surface area contributed by atoms with Crippen LogP contribution in [0.5, 0.6) is 0 Å². The van der Waals surface area contributed by atoms with Crippen LogP contribution in [0, 0.1) is 5.92 Å². The van der Waals surface area contributed by atoms with Gasteiger partial charge in [0, 0.05) is 23.7 Å². The van der Waals surface area contributed by atoms with Crippen LogP contribution in [0.2, 0.25) is 5.02 Å². The Kier molecular flexibility index (Phi) is 4.81. The summed E-state index contributed by atoms with van der Waals surface area (Å²) in [7, 11) is 0. The van der Waals surface area contributed by atoms with Crippen LogP contribution in [0.3, 0.4) is 0 Å². The van der Waals surface area contributed by atoms with Gasteiger partial charge in [0.2, 0.25) is 5.91 Å². The minimum atomic E-state index is 0.235. The molecule has 1 amide bonds. The summed E-state index contributed by atoms with van der Waals surface area (Å²) in [6, 6.07) is 8.10. The Hall–Kier alpha value is -1.06. The van der Waals surface area contributed by atoms with Crippen LogP contribution in [-0.4, -0.2) is 37.0 Å². The number of quaternary nitrogens is 1. The lowest BCUT2D eigenvalue weighted by Gasteiger charge is -2.31. The Balaban J connectivity index is 1.57. The van der Waals surface area contributed by atoms with Gasteiger partial charge in [0.15, 0.2) is 0 Å². The molecule has 2 fully saturated rings. The summed E-state index contributed by atoms with van der Waals surface area (Å²) in [5, 5.41) is 0.787. The highest BCUT2D eigenvalue weighted by Crippen LogP contribution is 2.16. The van der Waals surface area contributed by atoms with Crippen molar-refractivity contribution < 1.29 is 9.69 Å². The molecule has 2 aliphatic heterocycles. The molecule has 2 aliphatic rings. The predicted octanol–water partition coefficient (Wildman–Crippen LogP) is 1.76. The summed E-state index contributed by atoms with van der Waals surface area (Å²) in [5.41, 5.74) is 1.31. The first kappa shape index (κ1) is 14.9. The fraction of sp³-hybridized carbons (Fsp3) is 0.588. The fourth-order valence-electron chi connectivity index (χ4n) is 3.61. The number of piperidine rings is 1. The highest BCUT2D eigenvalue weighted by molar-refractivity contribution is 6.30. The van der Waals surface area contributed by atoms with E-state index in [1.807, 2.05) is 12.1 Å². The molecule has 1 N–H and O–H groups in total. The molecule has 1 unspecified atom stereocenters. The predicted molar refractivity (Wildman–Crippen MR) is 84.4 cm³/mol. The summed E-state index contributed by atoms with van der Waals surface area (Å²) < 4.78 is 0. The average molecular weight is 308 g/mol. The molecule has 21 heavy (non-hydrogen) atoms. The number of hydrogen-bond acceptors (Lipinski definition) is 1. The normalized spacial score (nSPS) is 26.0. The number of nitrogens with zero attached hydrogens (tertiary/aromatic N) is 1. The Morgan fingerprint density at radius 1 is 1.19 bits per heavy atom. The Morgan fingerprint density at radius 2 is 1.90 bits per heavy atom. The molecule has 2 atom stereocenters. The van der Waals surface area contributed by atoms with Crippen LogP contribution in [0.1, 0.15) is 31.2 Å². The van der Waals surface area contributed by atoms with Crippen LogP contribution in [0.15, 0.2) is 24.3 Å². The van der Waals surface area contributed by atoms with Crippen molar-refractivity contribution >= 4 is 17.5 Å². The van der Waals surface area contributed by atoms with Gasteiger partial charge in [-0.15, -0.1) is 0 Å². The smallest absolute Gasteiger partial charge is 0.231 e. The van der Waals surface area contributed by atoms with E-state index in [4.69, 9.17) is 11.6 Å². The molecule has 0 spiro atoms. The van der Waals surface area contributed by atoms with Crippen molar-refractivity contribution in [1.29, 1.82) is 0 Å². The summed E-state index contributed by atoms with van der Waals surface area (Å²) in [6.45, 7) is 5.11. The maximum atomic E-state index is 12.5. The zero-order valence-corrected chi connectivity index (χ0v) is 13.2. The third kappa shape index (κ3) is 3.78. The van der Waals surface area contributed by atoms with E-state index in [9.17, 15) is 4.79 Å². The van der Waals surface area contributed by atoms with E-state index in [1.54, 1.807) is 0 Å². The Bertz CT molecular complexity index is 482. The van der Waals surface area contributed by atoms with E-state index >= 15 is 0 Å². The van der Waals surface area contributed by atoms with Gasteiger partial charge in [0.25, 0.3) is 0 Å². The standard InChI is InChI=1S/C17H23ClN2O/c18-16-7-5-14(6-8-16)12-19-9-3-4-15(13-19)17(21)20-10-1-2-11-20/h5-8,15H,1-4,9-13H2/p+1/t15-/m1/s1. The molecule has 0 saturated carbocycles. The van der Waals surface area contributed by atoms with Gasteiger partial charge in [-0.3, -0.25) is 4.79 Å². The molecule has 0 bridgehead atoms. The number of carbonyl (C=O) groups excluding carboxylic acids is 1. The van der Waals surface area contributed by atoms with Crippen molar-refractivity contribution in [1.82, 2.24) is 4.90 Å². The van der Waals surface area contributed by atoms with E-state index in [0.717, 1.165) is 44.0 Å². The van der Waals surface area contributed by atoms with Crippen LogP contribution in [0.4, 0.5) is 0 Å². The highest BCUT2D eigenvalue weighted by Gasteiger charge is 2.32. The molecular weight excluding hydrogens is 284 g/mol. The molecule has 0 aliphatic carbocycles. The van der Waals surface area contributed by atoms with Crippen LogP contribution >= 0.6 is 11.6 Å². The highest BCUT2D eigenvalue weighted by atomic mass is 35.5. The lowest BCUT2D eigenvalue weighted by atomic mass is 9.96. The van der Waals surface area contributed by atoms with E-state index in [2.05, 4.69) is 17.0 Å². The average Bonchev–Trinajstić information content (AvgIpc) is 3.03. The Morgan fingerprint density at radius 3 is 2.62 bits per heavy atom. The minimum absolute atomic E-state index is 0.235. The molecule has 4 heteroatoms. The molecule has 114 valence electrons. The van der Waals surface area contributed by atoms with Crippen LogP contribution < -0.4 is 4.90 Å². The third-order valence-corrected chi connectivity index (χ3v) is 5.00. The van der Waals surface area contributed by atoms with Crippen molar-refractivity contribution in [2.75, 3.05) is 26.2 Å². The Labute approximate surface area is 131 Å². The van der Waals surface area contributed by atoms with Crippen LogP contribution in [0.25, 0.3) is 0 Å². The second-order valence-electron chi connectivity index (χ2n) is 6.38. The lowest BCUT2D eigenvalue weighted by Crippen LogP contribution is -3.12. The first-order chi connectivity index (χ1) is 10.2. The summed E-state index contributed by atoms with van der Waals surface area (Å²) in [4.78, 5) is 16.1. The van der Waals surface area contributed by atoms with Gasteiger partial charge >= 0.3 is 0 Å². The molecule has 2 saturated heterocycles. The summed E-state index contributed by atoms with van der Waals surface area (Å²) in [5.74, 6) is 0.639. The fourth-order valence-corrected chi connectivity index (χ4v) is 3.74. The molecule has 0 aromatic heterocycles. The number of hydrogen-bond donors (Lipinski definition) is 1. The van der Waals surface area contributed by atoms with Crippen LogP contribution in [-0.2, 0) is 11.3 Å². The van der Waals surface area contributed by atoms with Gasteiger partial charge in [0.1, 0.15) is 6.54 Å². The second-order valence-corrected chi connectivity index (χ2v) is 6.82. The van der Waals surface area contributed by atoms with E-state index < -0.39 is 0 Å². The van der Waals surface area contributed by atoms with Crippen molar-refractivity contribution in [2.24, 2.45) is 5.92 Å². The molecule has 3 nitrogen and oxygen atoms in total. The molecular formula is C17H24ClN2O+. The topological polar surface area (TPSA) is 24.8 Å². The van der Waals surface area contributed by atoms with Crippen molar-refractivity contribution in [3.05, 3.63) is 34.9 Å². The summed E-state index contributed by atoms with van der Waals surface area (Å²) in [6.07, 6.45) is 4.59. The molecule has 1 aromatic carbocycles. The number of nitrogens with one attached hydrogen (secondary N) is 1. The SMILES string of the molecule is O=C([C@@H]1CCC[NH+](Cc2ccc(Cl)cc2)C1)N1CCCC1. The number of rotatable bonds is 3. The van der Waals surface area contributed by atoms with Gasteiger partial charge in [-0.25, -0.2) is 0 Å². The van der Waals surface area contributed by atoms with Gasteiger partial charge < -0.3 is 9.80 Å².